The summed E-state index contributed by atoms with van der Waals surface area (Å²) in [5, 5.41) is 17.9. The number of benzene rings is 1. The average Bonchev–Trinajstić information content (AvgIpc) is 2.90. The van der Waals surface area contributed by atoms with E-state index in [1.807, 2.05) is 0 Å². The summed E-state index contributed by atoms with van der Waals surface area (Å²) >= 11 is 0. The van der Waals surface area contributed by atoms with Gasteiger partial charge in [0.2, 0.25) is 0 Å². The summed E-state index contributed by atoms with van der Waals surface area (Å²) in [5.74, 6) is 0.0842. The molecule has 2 aromatic heterocycles. The lowest BCUT2D eigenvalue weighted by atomic mass is 10.2. The molecule has 100 valence electrons. The Kier molecular flexibility index (Phi) is 2.83. The van der Waals surface area contributed by atoms with Gasteiger partial charge in [0.15, 0.2) is 11.5 Å². The number of phenols is 1. The molecule has 0 spiro atoms. The predicted octanol–water partition coefficient (Wildman–Crippen LogP) is 1.89. The topological polar surface area (TPSA) is 76.7 Å². The number of fused-ring (bicyclic) bond motifs is 1. The molecule has 0 amide bonds. The van der Waals surface area contributed by atoms with Gasteiger partial charge in [0, 0.05) is 6.20 Å². The summed E-state index contributed by atoms with van der Waals surface area (Å²) in [6.07, 6.45) is 1.73. The number of pyridine rings is 1. The Balaban J connectivity index is 2.26. The number of carbonyl (C=O) groups excluding carboxylic acids is 1. The van der Waals surface area contributed by atoms with E-state index in [1.165, 1.54) is 7.11 Å². The highest BCUT2D eigenvalue weighted by molar-refractivity contribution is 5.96. The van der Waals surface area contributed by atoms with Crippen LogP contribution in [-0.4, -0.2) is 32.8 Å². The number of hydrogen-bond donors (Lipinski definition) is 1. The Labute approximate surface area is 114 Å². The van der Waals surface area contributed by atoms with Crippen LogP contribution in [0.15, 0.2) is 42.6 Å². The maximum Gasteiger partial charge on any atom is 0.341 e. The predicted molar refractivity (Wildman–Crippen MR) is 71.4 cm³/mol. The first-order chi connectivity index (χ1) is 9.72. The van der Waals surface area contributed by atoms with Crippen LogP contribution in [0, 0.1) is 0 Å². The molecule has 3 rings (SSSR count). The highest BCUT2D eigenvalue weighted by atomic mass is 16.5. The SMILES string of the molecule is COC(=O)c1cccn2c(-c3ccccc3O)nnc12. The fourth-order valence-electron chi connectivity index (χ4n) is 2.03. The lowest BCUT2D eigenvalue weighted by Gasteiger charge is -2.04. The first kappa shape index (κ1) is 12.2. The van der Waals surface area contributed by atoms with Gasteiger partial charge in [-0.25, -0.2) is 4.79 Å². The summed E-state index contributed by atoms with van der Waals surface area (Å²) in [7, 11) is 1.31. The second-order valence-electron chi connectivity index (χ2n) is 4.15. The zero-order valence-corrected chi connectivity index (χ0v) is 10.6. The number of para-hydroxylation sites is 1. The van der Waals surface area contributed by atoms with E-state index in [4.69, 9.17) is 4.74 Å². The van der Waals surface area contributed by atoms with E-state index in [0.717, 1.165) is 0 Å². The number of nitrogens with zero attached hydrogens (tertiary/aromatic N) is 3. The van der Waals surface area contributed by atoms with Crippen molar-refractivity contribution in [2.75, 3.05) is 7.11 Å². The third kappa shape index (κ3) is 1.78. The minimum absolute atomic E-state index is 0.102. The largest absolute Gasteiger partial charge is 0.507 e. The monoisotopic (exact) mass is 269 g/mol. The summed E-state index contributed by atoms with van der Waals surface area (Å²) < 4.78 is 6.35. The maximum absolute atomic E-state index is 11.7. The van der Waals surface area contributed by atoms with Crippen LogP contribution in [0.5, 0.6) is 5.75 Å². The lowest BCUT2D eigenvalue weighted by Crippen LogP contribution is -2.04. The third-order valence-electron chi connectivity index (χ3n) is 2.99. The number of esters is 1. The van der Waals surface area contributed by atoms with Crippen LogP contribution in [-0.2, 0) is 4.74 Å². The molecule has 0 atom stereocenters. The van der Waals surface area contributed by atoms with Crippen LogP contribution in [0.25, 0.3) is 17.0 Å². The van der Waals surface area contributed by atoms with Gasteiger partial charge >= 0.3 is 5.97 Å². The van der Waals surface area contributed by atoms with Crippen molar-refractivity contribution in [3.63, 3.8) is 0 Å². The molecule has 0 aliphatic rings. The molecule has 0 radical (unpaired) electrons. The van der Waals surface area contributed by atoms with Crippen molar-refractivity contribution in [2.45, 2.75) is 0 Å². The van der Waals surface area contributed by atoms with Crippen molar-refractivity contribution in [3.8, 4) is 17.1 Å². The third-order valence-corrected chi connectivity index (χ3v) is 2.99. The van der Waals surface area contributed by atoms with E-state index in [9.17, 15) is 9.90 Å². The Bertz CT molecular complexity index is 795. The van der Waals surface area contributed by atoms with Crippen molar-refractivity contribution in [1.82, 2.24) is 14.6 Å². The molecule has 0 saturated heterocycles. The van der Waals surface area contributed by atoms with Gasteiger partial charge in [-0.05, 0) is 24.3 Å². The molecule has 0 fully saturated rings. The van der Waals surface area contributed by atoms with Gasteiger partial charge in [-0.2, -0.15) is 0 Å². The van der Waals surface area contributed by atoms with Crippen molar-refractivity contribution in [2.24, 2.45) is 0 Å². The number of rotatable bonds is 2. The Hall–Kier alpha value is -2.89. The first-order valence-electron chi connectivity index (χ1n) is 5.93. The highest BCUT2D eigenvalue weighted by Gasteiger charge is 2.17. The molecule has 0 aliphatic heterocycles. The molecule has 0 saturated carbocycles. The summed E-state index contributed by atoms with van der Waals surface area (Å²) in [4.78, 5) is 11.7. The van der Waals surface area contributed by atoms with Crippen LogP contribution in [0.2, 0.25) is 0 Å². The molecule has 1 N–H and O–H groups in total. The smallest absolute Gasteiger partial charge is 0.341 e. The van der Waals surface area contributed by atoms with Gasteiger partial charge in [-0.1, -0.05) is 12.1 Å². The van der Waals surface area contributed by atoms with E-state index in [1.54, 1.807) is 47.0 Å². The van der Waals surface area contributed by atoms with Crippen molar-refractivity contribution >= 4 is 11.6 Å². The number of aromatic hydroxyl groups is 1. The molecule has 0 unspecified atom stereocenters. The van der Waals surface area contributed by atoms with Gasteiger partial charge < -0.3 is 9.84 Å². The number of ether oxygens (including phenoxy) is 1. The molecule has 6 heteroatoms. The number of carbonyl (C=O) groups is 1. The van der Waals surface area contributed by atoms with Gasteiger partial charge in [0.25, 0.3) is 0 Å². The van der Waals surface area contributed by atoms with E-state index < -0.39 is 5.97 Å². The molecule has 6 nitrogen and oxygen atoms in total. The summed E-state index contributed by atoms with van der Waals surface area (Å²) in [6.45, 7) is 0. The Morgan fingerprint density at radius 3 is 2.75 bits per heavy atom. The molecular weight excluding hydrogens is 258 g/mol. The molecule has 3 aromatic rings. The van der Waals surface area contributed by atoms with Crippen LogP contribution >= 0.6 is 0 Å². The van der Waals surface area contributed by atoms with Crippen LogP contribution < -0.4 is 0 Å². The standard InChI is InChI=1S/C14H11N3O3/c1-20-14(19)10-6-4-8-17-12(15-16-13(10)17)9-5-2-3-7-11(9)18/h2-8,18H,1H3. The highest BCUT2D eigenvalue weighted by Crippen LogP contribution is 2.27. The number of hydrogen-bond acceptors (Lipinski definition) is 5. The van der Waals surface area contributed by atoms with Crippen LogP contribution in [0.4, 0.5) is 0 Å². The minimum atomic E-state index is -0.480. The number of methoxy groups -OCH3 is 1. The Morgan fingerprint density at radius 2 is 2.00 bits per heavy atom. The molecule has 1 aromatic carbocycles. The van der Waals surface area contributed by atoms with Crippen molar-refractivity contribution in [3.05, 3.63) is 48.2 Å². The lowest BCUT2D eigenvalue weighted by molar-refractivity contribution is 0.0602. The quantitative estimate of drug-likeness (QED) is 0.719. The fourth-order valence-corrected chi connectivity index (χ4v) is 2.03. The van der Waals surface area contributed by atoms with E-state index >= 15 is 0 Å². The number of aromatic nitrogens is 3. The Morgan fingerprint density at radius 1 is 1.20 bits per heavy atom. The van der Waals surface area contributed by atoms with Gasteiger partial charge in [-0.3, -0.25) is 4.40 Å². The van der Waals surface area contributed by atoms with Crippen LogP contribution in [0.3, 0.4) is 0 Å². The van der Waals surface area contributed by atoms with E-state index in [-0.39, 0.29) is 5.75 Å². The summed E-state index contributed by atoms with van der Waals surface area (Å²) in [5.41, 5.74) is 1.25. The second-order valence-corrected chi connectivity index (χ2v) is 4.15. The van der Waals surface area contributed by atoms with Gasteiger partial charge in [0.1, 0.15) is 11.3 Å². The van der Waals surface area contributed by atoms with Crippen molar-refractivity contribution < 1.29 is 14.6 Å². The van der Waals surface area contributed by atoms with Crippen LogP contribution in [0.1, 0.15) is 10.4 Å². The maximum atomic E-state index is 11.7. The minimum Gasteiger partial charge on any atom is -0.507 e. The fraction of sp³-hybridized carbons (Fsp3) is 0.0714. The molecular formula is C14H11N3O3. The molecule has 0 aliphatic carbocycles. The van der Waals surface area contributed by atoms with Crippen molar-refractivity contribution in [1.29, 1.82) is 0 Å². The average molecular weight is 269 g/mol. The van der Waals surface area contributed by atoms with E-state index in [0.29, 0.717) is 22.6 Å². The summed E-state index contributed by atoms with van der Waals surface area (Å²) in [6, 6.07) is 10.1. The van der Waals surface area contributed by atoms with E-state index in [2.05, 4.69) is 10.2 Å². The molecule has 20 heavy (non-hydrogen) atoms. The molecule has 2 heterocycles. The van der Waals surface area contributed by atoms with Gasteiger partial charge in [-0.15, -0.1) is 10.2 Å². The van der Waals surface area contributed by atoms with Gasteiger partial charge in [0.05, 0.1) is 12.7 Å². The zero-order valence-electron chi connectivity index (χ0n) is 10.6. The zero-order chi connectivity index (χ0) is 14.1. The second kappa shape index (κ2) is 4.65. The molecule has 0 bridgehead atoms. The number of phenolic OH excluding ortho intramolecular Hbond substituents is 1. The first-order valence-corrected chi connectivity index (χ1v) is 5.93. The normalized spacial score (nSPS) is 10.7.